The van der Waals surface area contributed by atoms with Crippen molar-refractivity contribution in [3.63, 3.8) is 0 Å². The predicted molar refractivity (Wildman–Crippen MR) is 117 cm³/mol. The van der Waals surface area contributed by atoms with Gasteiger partial charge < -0.3 is 23.6 Å². The third kappa shape index (κ3) is 3.13. The monoisotopic (exact) mass is 493 g/mol. The normalized spacial score (nSPS) is 37.6. The van der Waals surface area contributed by atoms with Gasteiger partial charge in [0.1, 0.15) is 13.3 Å². The molecule has 2 heterocycles. The molecule has 5 aliphatic rings. The molecule has 1 atom stereocenters. The summed E-state index contributed by atoms with van der Waals surface area (Å²) in [4.78, 5) is 39.6. The zero-order chi connectivity index (χ0) is 23.4. The quantitative estimate of drug-likeness (QED) is 0.467. The van der Waals surface area contributed by atoms with Gasteiger partial charge in [0.15, 0.2) is 11.4 Å². The Kier molecular flexibility index (Phi) is 4.75. The van der Waals surface area contributed by atoms with Crippen LogP contribution in [0.2, 0.25) is 0 Å². The van der Waals surface area contributed by atoms with Gasteiger partial charge in [-0.3, -0.25) is 0 Å². The Labute approximate surface area is 196 Å². The molecule has 10 heteroatoms. The molecular formula is C23H28NO7PS-2. The summed E-state index contributed by atoms with van der Waals surface area (Å²) in [6.45, 7) is 6.09. The summed E-state index contributed by atoms with van der Waals surface area (Å²) >= 11 is 1.45. The second-order valence-electron chi connectivity index (χ2n) is 11.2. The number of hydrogen-bond acceptors (Lipinski definition) is 9. The minimum atomic E-state index is -5.30. The second-order valence-corrected chi connectivity index (χ2v) is 13.3. The van der Waals surface area contributed by atoms with Crippen LogP contribution in [0.1, 0.15) is 63.4 Å². The Morgan fingerprint density at radius 3 is 2.21 bits per heavy atom. The molecule has 4 aliphatic carbocycles. The first kappa shape index (κ1) is 22.4. The van der Waals surface area contributed by atoms with Crippen LogP contribution in [-0.4, -0.2) is 17.7 Å². The van der Waals surface area contributed by atoms with Gasteiger partial charge in [0.25, 0.3) is 5.79 Å². The van der Waals surface area contributed by atoms with Crippen LogP contribution < -0.4 is 14.3 Å². The fourth-order valence-corrected chi connectivity index (χ4v) is 8.52. The average Bonchev–Trinajstić information content (AvgIpc) is 3.11. The summed E-state index contributed by atoms with van der Waals surface area (Å²) in [7, 11) is -3.71. The van der Waals surface area contributed by atoms with Crippen molar-refractivity contribution in [2.75, 3.05) is 7.11 Å². The van der Waals surface area contributed by atoms with Gasteiger partial charge in [-0.25, -0.2) is 9.87 Å². The van der Waals surface area contributed by atoms with Crippen molar-refractivity contribution in [2.24, 2.45) is 23.7 Å². The lowest BCUT2D eigenvalue weighted by atomic mass is 9.47. The van der Waals surface area contributed by atoms with Crippen LogP contribution in [0.3, 0.4) is 0 Å². The maximum Gasteiger partial charge on any atom is 0.260 e. The van der Waals surface area contributed by atoms with Crippen LogP contribution in [0.25, 0.3) is 10.2 Å². The number of methoxy groups -OCH3 is 1. The molecule has 1 unspecified atom stereocenters. The number of benzene rings is 1. The van der Waals surface area contributed by atoms with Crippen molar-refractivity contribution in [1.29, 1.82) is 0 Å². The Bertz CT molecular complexity index is 1140. The third-order valence-corrected chi connectivity index (χ3v) is 9.99. The number of phosphoric ester groups is 1. The maximum atomic E-state index is 11.6. The topological polar surface area (TPSA) is 113 Å². The van der Waals surface area contributed by atoms with Gasteiger partial charge in [0.2, 0.25) is 0 Å². The van der Waals surface area contributed by atoms with Gasteiger partial charge in [-0.15, -0.1) is 11.3 Å². The largest absolute Gasteiger partial charge is 0.780 e. The van der Waals surface area contributed by atoms with Crippen LogP contribution in [-0.2, 0) is 30.3 Å². The van der Waals surface area contributed by atoms with E-state index in [1.54, 1.807) is 7.11 Å². The summed E-state index contributed by atoms with van der Waals surface area (Å²) in [5, 5.41) is 0.813. The van der Waals surface area contributed by atoms with Crippen LogP contribution in [0.5, 0.6) is 5.75 Å². The van der Waals surface area contributed by atoms with Crippen LogP contribution >= 0.6 is 19.2 Å². The van der Waals surface area contributed by atoms with E-state index in [-0.39, 0.29) is 11.2 Å². The average molecular weight is 494 g/mol. The van der Waals surface area contributed by atoms with Gasteiger partial charge in [0.05, 0.1) is 9.71 Å². The molecule has 33 heavy (non-hydrogen) atoms. The smallest absolute Gasteiger partial charge is 0.260 e. The molecule has 1 aromatic carbocycles. The fraction of sp³-hybridized carbons (Fsp3) is 0.696. The van der Waals surface area contributed by atoms with Crippen molar-refractivity contribution < 1.29 is 33.4 Å². The summed E-state index contributed by atoms with van der Waals surface area (Å²) in [6, 6.07) is 3.46. The molecule has 4 bridgehead atoms. The molecule has 2 aromatic rings. The van der Waals surface area contributed by atoms with Gasteiger partial charge >= 0.3 is 0 Å². The maximum absolute atomic E-state index is 11.6. The molecule has 8 nitrogen and oxygen atoms in total. The van der Waals surface area contributed by atoms with E-state index in [1.807, 2.05) is 26.8 Å². The van der Waals surface area contributed by atoms with Crippen molar-refractivity contribution in [1.82, 2.24) is 4.98 Å². The molecule has 0 N–H and O–H groups in total. The zero-order valence-electron chi connectivity index (χ0n) is 19.2. The van der Waals surface area contributed by atoms with Gasteiger partial charge in [-0.2, -0.15) is 4.89 Å². The van der Waals surface area contributed by atoms with E-state index in [4.69, 9.17) is 19.0 Å². The number of thiazole rings is 1. The summed E-state index contributed by atoms with van der Waals surface area (Å²) in [5.74, 6) is 0.776. The van der Waals surface area contributed by atoms with E-state index in [9.17, 15) is 14.4 Å². The molecule has 1 saturated heterocycles. The number of nitrogens with zero attached hydrogens (tertiary/aromatic N) is 1. The number of aromatic nitrogens is 1. The number of phosphoric acid groups is 1. The van der Waals surface area contributed by atoms with E-state index in [2.05, 4.69) is 4.98 Å². The third-order valence-electron chi connectivity index (χ3n) is 8.14. The van der Waals surface area contributed by atoms with Crippen molar-refractivity contribution in [3.8, 4) is 5.75 Å². The highest BCUT2D eigenvalue weighted by molar-refractivity contribution is 7.43. The van der Waals surface area contributed by atoms with E-state index in [0.29, 0.717) is 27.6 Å². The lowest BCUT2D eigenvalue weighted by Gasteiger charge is -2.68. The molecule has 180 valence electrons. The Morgan fingerprint density at radius 1 is 1.09 bits per heavy atom. The Morgan fingerprint density at radius 2 is 1.73 bits per heavy atom. The first-order valence-corrected chi connectivity index (χ1v) is 13.8. The highest BCUT2D eigenvalue weighted by Crippen LogP contribution is 2.69. The summed E-state index contributed by atoms with van der Waals surface area (Å²) in [5.41, 5.74) is 0.0725. The van der Waals surface area contributed by atoms with Crippen molar-refractivity contribution in [3.05, 3.63) is 22.7 Å². The van der Waals surface area contributed by atoms with Gasteiger partial charge in [-0.05, 0) is 67.9 Å². The first-order chi connectivity index (χ1) is 15.4. The number of rotatable bonds is 4. The van der Waals surface area contributed by atoms with Crippen LogP contribution in [0.4, 0.5) is 0 Å². The molecule has 0 radical (unpaired) electrons. The highest BCUT2D eigenvalue weighted by atomic mass is 32.1. The SMILES string of the molecule is COC1(c2cc(OP(=O)([O-])[O-])c3nc(C(C)(C)C)sc3c2)OOC12C1CC3CC(C1)CC2C3. The van der Waals surface area contributed by atoms with Crippen molar-refractivity contribution in [2.45, 2.75) is 69.7 Å². The van der Waals surface area contributed by atoms with Gasteiger partial charge in [0, 0.05) is 18.1 Å². The van der Waals surface area contributed by atoms with E-state index in [1.165, 1.54) is 23.8 Å². The van der Waals surface area contributed by atoms with Crippen LogP contribution in [0, 0.1) is 23.7 Å². The molecule has 1 aromatic heterocycles. The van der Waals surface area contributed by atoms with Crippen LogP contribution in [0.15, 0.2) is 12.1 Å². The minimum Gasteiger partial charge on any atom is -0.780 e. The number of fused-ring (bicyclic) bond motifs is 1. The van der Waals surface area contributed by atoms with Gasteiger partial charge in [-0.1, -0.05) is 20.8 Å². The molecular weight excluding hydrogens is 465 g/mol. The number of hydrogen-bond donors (Lipinski definition) is 0. The fourth-order valence-electron chi connectivity index (χ4n) is 7.06. The highest BCUT2D eigenvalue weighted by Gasteiger charge is 2.76. The second kappa shape index (κ2) is 7.00. The van der Waals surface area contributed by atoms with Crippen molar-refractivity contribution >= 4 is 29.4 Å². The Balaban J connectivity index is 1.52. The molecule has 5 fully saturated rings. The minimum absolute atomic E-state index is 0.0894. The molecule has 1 aliphatic heterocycles. The summed E-state index contributed by atoms with van der Waals surface area (Å²) < 4.78 is 23.3. The predicted octanol–water partition coefficient (Wildman–Crippen LogP) is 3.76. The first-order valence-electron chi connectivity index (χ1n) is 11.5. The Hall–Kier alpha value is -1.06. The number of ether oxygens (including phenoxy) is 1. The lowest BCUT2D eigenvalue weighted by Crippen LogP contribution is -2.76. The standard InChI is InChI=1S/C23H30NO7PS/c1-21(2,3)20-24-19-17(29-32(25,26)27)10-16(11-18(19)33-20)23(28-4)22(30-31-23)14-6-12-5-13(8-14)9-15(22)7-12/h10-15H,5-9H2,1-4H3,(H2,25,26,27)/p-2. The molecule has 4 saturated carbocycles. The lowest BCUT2D eigenvalue weighted by molar-refractivity contribution is -0.645. The molecule has 1 spiro atoms. The van der Waals surface area contributed by atoms with E-state index >= 15 is 0 Å². The zero-order valence-corrected chi connectivity index (χ0v) is 20.9. The van der Waals surface area contributed by atoms with E-state index in [0.717, 1.165) is 42.5 Å². The molecule has 7 rings (SSSR count). The van der Waals surface area contributed by atoms with E-state index < -0.39 is 19.2 Å². The molecule has 0 amide bonds. The summed E-state index contributed by atoms with van der Waals surface area (Å²) in [6.07, 6.45) is 5.62.